The minimum absolute atomic E-state index is 0.211. The van der Waals surface area contributed by atoms with Gasteiger partial charge in [-0.25, -0.2) is 13.1 Å². The molecule has 22 heavy (non-hydrogen) atoms. The molecule has 0 aliphatic rings. The fourth-order valence-electron chi connectivity index (χ4n) is 1.57. The van der Waals surface area contributed by atoms with E-state index in [4.69, 9.17) is 0 Å². The lowest BCUT2D eigenvalue weighted by Crippen LogP contribution is -2.41. The zero-order chi connectivity index (χ0) is 17.0. The molecule has 2 N–H and O–H groups in total. The van der Waals surface area contributed by atoms with Crippen LogP contribution in [0.1, 0.15) is 18.9 Å². The third-order valence-electron chi connectivity index (χ3n) is 2.98. The second kappa shape index (κ2) is 7.20. The molecule has 1 aromatic rings. The van der Waals surface area contributed by atoms with Gasteiger partial charge in [0.05, 0.1) is 16.1 Å². The topological polar surface area (TPSA) is 66.4 Å². The maximum Gasteiger partial charge on any atom is 0.416 e. The lowest BCUT2D eigenvalue weighted by Gasteiger charge is -2.23. The Labute approximate surface area is 132 Å². The summed E-state index contributed by atoms with van der Waals surface area (Å²) in [6.45, 7) is 1.29. The molecule has 0 heterocycles. The molecule has 1 aromatic carbocycles. The monoisotopic (exact) mass is 357 g/mol. The summed E-state index contributed by atoms with van der Waals surface area (Å²) < 4.78 is 63.5. The zero-order valence-electron chi connectivity index (χ0n) is 12.1. The van der Waals surface area contributed by atoms with E-state index >= 15 is 0 Å². The second-order valence-corrected chi connectivity index (χ2v) is 7.84. The van der Waals surface area contributed by atoms with Crippen molar-refractivity contribution in [1.29, 1.82) is 0 Å². The van der Waals surface area contributed by atoms with Gasteiger partial charge >= 0.3 is 6.18 Å². The third kappa shape index (κ3) is 5.79. The van der Waals surface area contributed by atoms with Crippen molar-refractivity contribution in [3.05, 3.63) is 29.8 Å². The molecule has 0 fully saturated rings. The summed E-state index contributed by atoms with van der Waals surface area (Å²) in [7, 11) is -3.96. The summed E-state index contributed by atoms with van der Waals surface area (Å²) in [6.07, 6.45) is -2.26. The fourth-order valence-corrected chi connectivity index (χ4v) is 3.37. The highest BCUT2D eigenvalue weighted by Crippen LogP contribution is 2.29. The number of halogens is 3. The van der Waals surface area contributed by atoms with Gasteiger partial charge in [0, 0.05) is 6.54 Å². The van der Waals surface area contributed by atoms with Gasteiger partial charge in [-0.1, -0.05) is 0 Å². The molecule has 0 spiro atoms. The summed E-state index contributed by atoms with van der Waals surface area (Å²) in [5.74, 6) is 0.662. The normalized spacial score (nSPS) is 15.5. The number of aliphatic hydroxyl groups is 1. The van der Waals surface area contributed by atoms with Crippen LogP contribution in [0.5, 0.6) is 0 Å². The van der Waals surface area contributed by atoms with E-state index in [1.165, 1.54) is 18.7 Å². The molecule has 126 valence electrons. The number of nitrogens with one attached hydrogen (secondary N) is 1. The minimum Gasteiger partial charge on any atom is -0.389 e. The van der Waals surface area contributed by atoms with E-state index in [1.807, 2.05) is 6.26 Å². The summed E-state index contributed by atoms with van der Waals surface area (Å²) >= 11 is 1.52. The maximum absolute atomic E-state index is 12.4. The Balaban J connectivity index is 2.78. The highest BCUT2D eigenvalue weighted by atomic mass is 32.2. The lowest BCUT2D eigenvalue weighted by molar-refractivity contribution is -0.137. The van der Waals surface area contributed by atoms with E-state index < -0.39 is 27.4 Å². The number of alkyl halides is 3. The van der Waals surface area contributed by atoms with Crippen molar-refractivity contribution in [2.24, 2.45) is 0 Å². The molecule has 0 bridgehead atoms. The molecule has 1 rings (SSSR count). The van der Waals surface area contributed by atoms with Gasteiger partial charge in [-0.3, -0.25) is 0 Å². The highest BCUT2D eigenvalue weighted by Gasteiger charge is 2.31. The number of hydrogen-bond donors (Lipinski definition) is 2. The van der Waals surface area contributed by atoms with Crippen LogP contribution < -0.4 is 4.72 Å². The third-order valence-corrected chi connectivity index (χ3v) is 5.01. The second-order valence-electron chi connectivity index (χ2n) is 5.09. The summed E-state index contributed by atoms with van der Waals surface area (Å²) in [6, 6.07) is 3.20. The number of hydrogen-bond acceptors (Lipinski definition) is 4. The number of benzene rings is 1. The number of sulfonamides is 1. The smallest absolute Gasteiger partial charge is 0.389 e. The summed E-state index contributed by atoms with van der Waals surface area (Å²) in [5, 5.41) is 10.0. The van der Waals surface area contributed by atoms with Gasteiger partial charge in [0.1, 0.15) is 0 Å². The van der Waals surface area contributed by atoms with E-state index in [2.05, 4.69) is 4.72 Å². The Hall–Kier alpha value is -0.770. The first-order valence-electron chi connectivity index (χ1n) is 6.36. The minimum atomic E-state index is -4.52. The number of rotatable bonds is 7. The molecule has 0 aromatic heterocycles. The Bertz CT molecular complexity index is 584. The van der Waals surface area contributed by atoms with Crippen LogP contribution in [0.3, 0.4) is 0 Å². The van der Waals surface area contributed by atoms with E-state index in [1.54, 1.807) is 0 Å². The Morgan fingerprint density at radius 1 is 1.23 bits per heavy atom. The van der Waals surface area contributed by atoms with Crippen LogP contribution in [0.2, 0.25) is 0 Å². The van der Waals surface area contributed by atoms with Crippen molar-refractivity contribution in [3.63, 3.8) is 0 Å². The van der Waals surface area contributed by atoms with Gasteiger partial charge in [-0.05, 0) is 49.6 Å². The molecule has 4 nitrogen and oxygen atoms in total. The SMILES string of the molecule is CSCC[C@@](C)(O)CNS(=O)(=O)c1ccc(C(F)(F)F)cc1. The van der Waals surface area contributed by atoms with Crippen molar-refractivity contribution >= 4 is 21.8 Å². The van der Waals surface area contributed by atoms with Crippen LogP contribution in [-0.2, 0) is 16.2 Å². The van der Waals surface area contributed by atoms with Crippen molar-refractivity contribution in [3.8, 4) is 0 Å². The van der Waals surface area contributed by atoms with E-state index in [-0.39, 0.29) is 11.4 Å². The molecule has 0 amide bonds. The zero-order valence-corrected chi connectivity index (χ0v) is 13.8. The van der Waals surface area contributed by atoms with E-state index in [9.17, 15) is 26.7 Å². The molecular formula is C13H18F3NO3S2. The fraction of sp³-hybridized carbons (Fsp3) is 0.538. The Kier molecular flexibility index (Phi) is 6.31. The molecule has 0 saturated carbocycles. The number of thioether (sulfide) groups is 1. The molecule has 0 unspecified atom stereocenters. The quantitative estimate of drug-likeness (QED) is 0.787. The first-order chi connectivity index (χ1) is 9.98. The highest BCUT2D eigenvalue weighted by molar-refractivity contribution is 7.98. The van der Waals surface area contributed by atoms with Crippen LogP contribution in [0.15, 0.2) is 29.2 Å². The van der Waals surface area contributed by atoms with Crippen LogP contribution in [0.25, 0.3) is 0 Å². The van der Waals surface area contributed by atoms with Gasteiger partial charge < -0.3 is 5.11 Å². The van der Waals surface area contributed by atoms with Crippen LogP contribution in [0.4, 0.5) is 13.2 Å². The van der Waals surface area contributed by atoms with Crippen molar-refractivity contribution < 1.29 is 26.7 Å². The standard InChI is InChI=1S/C13H18F3NO3S2/c1-12(18,7-8-21-2)9-17-22(19,20)11-5-3-10(4-6-11)13(14,15)16/h3-6,17-18H,7-9H2,1-2H3/t12-/m1/s1. The average Bonchev–Trinajstić information content (AvgIpc) is 2.43. The van der Waals surface area contributed by atoms with E-state index in [0.717, 1.165) is 12.1 Å². The van der Waals surface area contributed by atoms with Crippen molar-refractivity contribution in [2.75, 3.05) is 18.6 Å². The van der Waals surface area contributed by atoms with Gasteiger partial charge in [0.25, 0.3) is 0 Å². The molecule has 1 atom stereocenters. The molecule has 0 aliphatic carbocycles. The first-order valence-corrected chi connectivity index (χ1v) is 9.24. The predicted octanol–water partition coefficient (Wildman–Crippen LogP) is 2.49. The van der Waals surface area contributed by atoms with Gasteiger partial charge in [0.2, 0.25) is 10.0 Å². The Morgan fingerprint density at radius 2 is 1.77 bits per heavy atom. The van der Waals surface area contributed by atoms with E-state index in [0.29, 0.717) is 24.3 Å². The molecule has 9 heteroatoms. The van der Waals surface area contributed by atoms with Crippen LogP contribution in [0, 0.1) is 0 Å². The molecular weight excluding hydrogens is 339 g/mol. The van der Waals surface area contributed by atoms with Crippen LogP contribution in [-0.4, -0.2) is 37.7 Å². The van der Waals surface area contributed by atoms with Gasteiger partial charge in [-0.15, -0.1) is 0 Å². The first kappa shape index (κ1) is 19.3. The van der Waals surface area contributed by atoms with Crippen LogP contribution >= 0.6 is 11.8 Å². The maximum atomic E-state index is 12.4. The lowest BCUT2D eigenvalue weighted by atomic mass is 10.1. The predicted molar refractivity (Wildman–Crippen MR) is 80.3 cm³/mol. The summed E-state index contributed by atoms with van der Waals surface area (Å²) in [5.41, 5.74) is -2.14. The molecule has 0 saturated heterocycles. The largest absolute Gasteiger partial charge is 0.416 e. The molecule has 0 aliphatic heterocycles. The molecule has 0 radical (unpaired) electrons. The van der Waals surface area contributed by atoms with Gasteiger partial charge in [-0.2, -0.15) is 24.9 Å². The van der Waals surface area contributed by atoms with Crippen molar-refractivity contribution in [2.45, 2.75) is 30.0 Å². The van der Waals surface area contributed by atoms with Gasteiger partial charge in [0.15, 0.2) is 0 Å². The Morgan fingerprint density at radius 3 is 2.23 bits per heavy atom. The van der Waals surface area contributed by atoms with Crippen molar-refractivity contribution in [1.82, 2.24) is 4.72 Å². The summed E-state index contributed by atoms with van der Waals surface area (Å²) in [4.78, 5) is -0.277. The average molecular weight is 357 g/mol.